The van der Waals surface area contributed by atoms with Gasteiger partial charge >= 0.3 is 6.71 Å². The Balaban J connectivity index is 0.933. The van der Waals surface area contributed by atoms with E-state index in [1.54, 1.807) is 58.3 Å². The third-order valence-electron chi connectivity index (χ3n) is 20.7. The number of nitrogens with zero attached hydrogens (tertiary/aromatic N) is 5. The van der Waals surface area contributed by atoms with Crippen LogP contribution in [0.2, 0.25) is 0 Å². The molecule has 0 bridgehead atoms. The van der Waals surface area contributed by atoms with E-state index in [2.05, 4.69) is 10.9 Å². The number of benzene rings is 10. The van der Waals surface area contributed by atoms with Crippen LogP contribution in [0.25, 0.3) is 26.8 Å². The van der Waals surface area contributed by atoms with Crippen molar-refractivity contribution in [2.75, 3.05) is 14.7 Å². The quantitative estimate of drug-likeness (QED) is 0.0974. The Labute approximate surface area is 569 Å². The second kappa shape index (κ2) is 20.3. The van der Waals surface area contributed by atoms with Gasteiger partial charge < -0.3 is 37.7 Å². The van der Waals surface area contributed by atoms with E-state index in [-0.39, 0.29) is 17.1 Å². The lowest BCUT2D eigenvalue weighted by Gasteiger charge is -2.44. The third-order valence-corrected chi connectivity index (χ3v) is 20.7. The molecule has 0 saturated carbocycles. The predicted octanol–water partition coefficient (Wildman–Crippen LogP) is 16.3. The van der Waals surface area contributed by atoms with Crippen LogP contribution < -0.4 is 78.5 Å². The highest BCUT2D eigenvalue weighted by Gasteiger charge is 2.53. The number of rotatable bonds is 3. The SMILES string of the molecule is [C-]#[N+]c1ccc2oc3c(c2c1)Oc1cc(C)cc2c1B3c1cc3c(cc1N2c1c(F)cc(C(C)(C)C)cc1F)Oc1cc(C)cc2c1B3c1cc3c(cc1O2)N(c1c(F)cc(C(C)(C)C)cc1F)c1cc(C)cc2c1B3c1oc3ccc(C#N)cc3c1N2c1ccc(C(C)(C)C)cc1F. The maximum Gasteiger partial charge on any atom is 0.301 e. The van der Waals surface area contributed by atoms with Gasteiger partial charge in [0, 0.05) is 56.9 Å². The molecule has 8 heterocycles. The van der Waals surface area contributed by atoms with E-state index in [0.717, 1.165) is 16.7 Å². The molecule has 6 aliphatic heterocycles. The average molecular weight is 1310 g/mol. The summed E-state index contributed by atoms with van der Waals surface area (Å²) in [4.78, 5) is 8.82. The molecular weight excluding hydrogens is 1250 g/mol. The predicted molar refractivity (Wildman–Crippen MR) is 385 cm³/mol. The van der Waals surface area contributed by atoms with Crippen molar-refractivity contribution >= 4 is 149 Å². The molecule has 2 aromatic heterocycles. The molecule has 0 amide bonds. The van der Waals surface area contributed by atoms with E-state index in [0.29, 0.717) is 168 Å². The minimum absolute atomic E-state index is 0.188. The van der Waals surface area contributed by atoms with E-state index in [1.807, 2.05) is 155 Å². The maximum absolute atomic E-state index is 18.0. The Bertz CT molecular complexity index is 5760. The zero-order chi connectivity index (χ0) is 68.8. The van der Waals surface area contributed by atoms with Crippen molar-refractivity contribution in [3.8, 4) is 40.6 Å². The summed E-state index contributed by atoms with van der Waals surface area (Å²) in [5.41, 5.74) is 11.1. The maximum atomic E-state index is 18.0. The van der Waals surface area contributed by atoms with Gasteiger partial charge in [-0.25, -0.2) is 26.8 Å². The van der Waals surface area contributed by atoms with Crippen molar-refractivity contribution < 1.29 is 45.0 Å². The Morgan fingerprint density at radius 1 is 0.404 bits per heavy atom. The van der Waals surface area contributed by atoms with Crippen LogP contribution in [-0.4, -0.2) is 20.1 Å². The van der Waals surface area contributed by atoms with Gasteiger partial charge in [-0.1, -0.05) is 86.6 Å². The Hall–Kier alpha value is -11.1. The van der Waals surface area contributed by atoms with Gasteiger partial charge in [-0.2, -0.15) is 5.26 Å². The lowest BCUT2D eigenvalue weighted by atomic mass is 9.30. The fraction of sp³-hybridized carbons (Fsp3) is 0.185. The molecule has 482 valence electrons. The molecule has 0 N–H and O–H groups in total. The third kappa shape index (κ3) is 8.60. The molecule has 18 heteroatoms. The number of halogens is 5. The number of aryl methyl sites for hydroxylation is 3. The normalized spacial score (nSPS) is 14.2. The van der Waals surface area contributed by atoms with Crippen LogP contribution in [0, 0.1) is 67.8 Å². The average Bonchev–Trinajstić information content (AvgIpc) is 1.67. The molecule has 0 aliphatic carbocycles. The first-order chi connectivity index (χ1) is 47.1. The fourth-order valence-electron chi connectivity index (χ4n) is 16.0. The van der Waals surface area contributed by atoms with E-state index >= 15 is 22.0 Å². The van der Waals surface area contributed by atoms with Crippen LogP contribution in [0.5, 0.6) is 34.5 Å². The number of ether oxygens (including phenoxy) is 3. The summed E-state index contributed by atoms with van der Waals surface area (Å²) < 4.78 is 124. The topological polar surface area (TPSA) is 91.8 Å². The number of furan rings is 2. The van der Waals surface area contributed by atoms with E-state index < -0.39 is 65.5 Å². The molecule has 0 atom stereocenters. The molecule has 18 rings (SSSR count). The second-order valence-electron chi connectivity index (χ2n) is 30.3. The smallest absolute Gasteiger partial charge is 0.301 e. The van der Waals surface area contributed by atoms with Gasteiger partial charge in [0.15, 0.2) is 34.7 Å². The van der Waals surface area contributed by atoms with Gasteiger partial charge in [-0.05, 0) is 201 Å². The highest BCUT2D eigenvalue weighted by Crippen LogP contribution is 2.53. The summed E-state index contributed by atoms with van der Waals surface area (Å²) in [5, 5.41) is 11.6. The number of fused-ring (bicyclic) bond motifs is 16. The largest absolute Gasteiger partial charge is 0.468 e. The van der Waals surface area contributed by atoms with Crippen LogP contribution >= 0.6 is 0 Å². The van der Waals surface area contributed by atoms with Crippen LogP contribution in [0.15, 0.2) is 148 Å². The molecule has 12 aromatic rings. The van der Waals surface area contributed by atoms with Crippen LogP contribution in [0.3, 0.4) is 0 Å². The summed E-state index contributed by atoms with van der Waals surface area (Å²) in [7, 11) is 0. The molecule has 0 spiro atoms. The lowest BCUT2D eigenvalue weighted by Crippen LogP contribution is -2.64. The Morgan fingerprint density at radius 3 is 1.39 bits per heavy atom. The standard InChI is InChI=1S/C81H59B3F5N5O5/c1-38-20-60-70-61(21-38)93(74-53(86)28-43(29-54(74)87)80(7,8)9)58-35-65-50(33-48(58)83(70)77-73(46-26-41(37-90)14-18-63(46)98-77)92(60)57-17-15-42(27-52(57)85)79(4,5)6)82-51-34-49-59(36-66(51)96-69-25-40(3)24-68(95-65)72(69)82)94(75-55(88)30-44(31-56(75)89)81(10,11)12)62-22-39(2)23-67-71(62)84(49)78-76(97-67)47-32-45(91-13)16-19-64(47)99-78/h14-36H,1-12H3. The van der Waals surface area contributed by atoms with Gasteiger partial charge in [0.2, 0.25) is 0 Å². The summed E-state index contributed by atoms with van der Waals surface area (Å²) in [6, 6.07) is 42.6. The van der Waals surface area contributed by atoms with Crippen molar-refractivity contribution in [3.05, 3.63) is 219 Å². The van der Waals surface area contributed by atoms with Gasteiger partial charge in [-0.3, -0.25) is 0 Å². The Kier molecular flexibility index (Phi) is 12.3. The van der Waals surface area contributed by atoms with Crippen LogP contribution in [0.1, 0.15) is 101 Å². The fourth-order valence-corrected chi connectivity index (χ4v) is 16.0. The highest BCUT2D eigenvalue weighted by atomic mass is 19.1. The first kappa shape index (κ1) is 60.3. The zero-order valence-electron chi connectivity index (χ0n) is 56.2. The first-order valence-corrected chi connectivity index (χ1v) is 33.1. The van der Waals surface area contributed by atoms with E-state index in [1.165, 1.54) is 24.3 Å². The summed E-state index contributed by atoms with van der Waals surface area (Å²) in [6.45, 7) is 28.8. The molecule has 0 fully saturated rings. The van der Waals surface area contributed by atoms with Crippen molar-refractivity contribution in [1.29, 1.82) is 5.26 Å². The number of hydrogen-bond donors (Lipinski definition) is 0. The van der Waals surface area contributed by atoms with Crippen LogP contribution in [0.4, 0.5) is 78.8 Å². The minimum atomic E-state index is -0.867. The number of hydrogen-bond acceptors (Lipinski definition) is 9. The molecule has 0 unspecified atom stereocenters. The summed E-state index contributed by atoms with van der Waals surface area (Å²) >= 11 is 0. The van der Waals surface area contributed by atoms with Gasteiger partial charge in [0.25, 0.3) is 13.4 Å². The zero-order valence-corrected chi connectivity index (χ0v) is 56.2. The Morgan fingerprint density at radius 2 is 0.869 bits per heavy atom. The summed E-state index contributed by atoms with van der Waals surface area (Å²) in [5.74, 6) is -1.23. The monoisotopic (exact) mass is 1310 g/mol. The van der Waals surface area contributed by atoms with Crippen molar-refractivity contribution in [2.45, 2.75) is 99.3 Å². The van der Waals surface area contributed by atoms with Crippen molar-refractivity contribution in [3.63, 3.8) is 0 Å². The van der Waals surface area contributed by atoms with Crippen molar-refractivity contribution in [1.82, 2.24) is 0 Å². The highest BCUT2D eigenvalue weighted by molar-refractivity contribution is 7.03. The van der Waals surface area contributed by atoms with Gasteiger partial charge in [0.05, 0.1) is 40.6 Å². The lowest BCUT2D eigenvalue weighted by molar-refractivity contribution is 0.464. The molecule has 10 nitrogen and oxygen atoms in total. The van der Waals surface area contributed by atoms with E-state index in [4.69, 9.17) is 29.6 Å². The van der Waals surface area contributed by atoms with Gasteiger partial charge in [-0.15, -0.1) is 0 Å². The van der Waals surface area contributed by atoms with Crippen molar-refractivity contribution in [2.24, 2.45) is 0 Å². The number of anilines is 9. The number of nitriles is 1. The van der Waals surface area contributed by atoms with E-state index in [9.17, 15) is 5.26 Å². The molecule has 0 radical (unpaired) electrons. The molecule has 99 heavy (non-hydrogen) atoms. The molecule has 0 saturated heterocycles. The second-order valence-corrected chi connectivity index (χ2v) is 30.3. The molecular formula is C81H59B3F5N5O5. The van der Waals surface area contributed by atoms with Crippen LogP contribution in [-0.2, 0) is 16.2 Å². The minimum Gasteiger partial charge on any atom is -0.468 e. The molecule has 10 aromatic carbocycles. The van der Waals surface area contributed by atoms with Gasteiger partial charge in [0.1, 0.15) is 62.8 Å². The molecule has 6 aliphatic rings. The first-order valence-electron chi connectivity index (χ1n) is 33.1. The summed E-state index contributed by atoms with van der Waals surface area (Å²) in [6.07, 6.45) is 0.